The van der Waals surface area contributed by atoms with Crippen LogP contribution in [0.25, 0.3) is 11.4 Å². The van der Waals surface area contributed by atoms with Gasteiger partial charge in [0.05, 0.1) is 5.75 Å². The Labute approximate surface area is 144 Å². The first-order valence-corrected chi connectivity index (χ1v) is 8.75. The van der Waals surface area contributed by atoms with Gasteiger partial charge in [-0.2, -0.15) is 0 Å². The van der Waals surface area contributed by atoms with Gasteiger partial charge in [0.2, 0.25) is 11.1 Å². The zero-order chi connectivity index (χ0) is 16.2. The van der Waals surface area contributed by atoms with Gasteiger partial charge in [-0.15, -0.1) is 5.10 Å². The Morgan fingerprint density at radius 3 is 2.65 bits per heavy atom. The fraction of sp³-hybridized carbons (Fsp3) is 0.400. The molecule has 2 aromatic rings. The Bertz CT molecular complexity index is 667. The Hall–Kier alpha value is -1.57. The van der Waals surface area contributed by atoms with Gasteiger partial charge in [-0.1, -0.05) is 23.4 Å². The molecule has 8 heteroatoms. The molecule has 122 valence electrons. The zero-order valence-electron chi connectivity index (χ0n) is 12.8. The van der Waals surface area contributed by atoms with E-state index >= 15 is 0 Å². The molecule has 23 heavy (non-hydrogen) atoms. The molecule has 0 spiro atoms. The summed E-state index contributed by atoms with van der Waals surface area (Å²) in [6, 6.07) is 7.38. The highest BCUT2D eigenvalue weighted by atomic mass is 35.5. The third kappa shape index (κ3) is 4.25. The molecule has 0 saturated carbocycles. The van der Waals surface area contributed by atoms with Crippen LogP contribution in [-0.2, 0) is 4.79 Å². The van der Waals surface area contributed by atoms with Gasteiger partial charge in [0.15, 0.2) is 5.82 Å². The van der Waals surface area contributed by atoms with Crippen LogP contribution in [0.5, 0.6) is 0 Å². The Morgan fingerprint density at radius 1 is 1.26 bits per heavy atom. The van der Waals surface area contributed by atoms with E-state index in [1.807, 2.05) is 29.2 Å². The molecule has 0 aliphatic carbocycles. The van der Waals surface area contributed by atoms with Gasteiger partial charge >= 0.3 is 0 Å². The first-order valence-electron chi connectivity index (χ1n) is 7.39. The molecule has 0 radical (unpaired) electrons. The number of thioether (sulfide) groups is 1. The van der Waals surface area contributed by atoms with Crippen molar-refractivity contribution in [3.05, 3.63) is 29.3 Å². The van der Waals surface area contributed by atoms with E-state index in [4.69, 9.17) is 11.6 Å². The lowest BCUT2D eigenvalue weighted by atomic mass is 10.2. The van der Waals surface area contributed by atoms with Crippen molar-refractivity contribution in [1.82, 2.24) is 25.0 Å². The largest absolute Gasteiger partial charge is 0.339 e. The summed E-state index contributed by atoms with van der Waals surface area (Å²) in [6.07, 6.45) is 0. The van der Waals surface area contributed by atoms with Crippen LogP contribution in [0.3, 0.4) is 0 Å². The van der Waals surface area contributed by atoms with Crippen molar-refractivity contribution in [2.75, 3.05) is 39.0 Å². The number of aromatic amines is 1. The third-order valence-electron chi connectivity index (χ3n) is 3.76. The molecule has 0 bridgehead atoms. The van der Waals surface area contributed by atoms with Crippen LogP contribution in [0, 0.1) is 0 Å². The number of halogens is 1. The fourth-order valence-electron chi connectivity index (χ4n) is 2.32. The van der Waals surface area contributed by atoms with E-state index in [9.17, 15) is 4.79 Å². The third-order valence-corrected chi connectivity index (χ3v) is 4.85. The minimum Gasteiger partial charge on any atom is -0.339 e. The molecule has 1 saturated heterocycles. The molecule has 1 N–H and O–H groups in total. The summed E-state index contributed by atoms with van der Waals surface area (Å²) in [5.74, 6) is 1.18. The summed E-state index contributed by atoms with van der Waals surface area (Å²) >= 11 is 7.23. The van der Waals surface area contributed by atoms with Crippen molar-refractivity contribution >= 4 is 29.3 Å². The van der Waals surface area contributed by atoms with E-state index in [0.29, 0.717) is 21.8 Å². The van der Waals surface area contributed by atoms with Crippen LogP contribution in [-0.4, -0.2) is 69.9 Å². The number of aromatic nitrogens is 3. The lowest BCUT2D eigenvalue weighted by Gasteiger charge is -2.32. The van der Waals surface area contributed by atoms with Gasteiger partial charge in [0, 0.05) is 36.8 Å². The number of amides is 1. The number of hydrogen-bond acceptors (Lipinski definition) is 5. The van der Waals surface area contributed by atoms with Gasteiger partial charge < -0.3 is 9.80 Å². The predicted octanol–water partition coefficient (Wildman–Crippen LogP) is 1.99. The summed E-state index contributed by atoms with van der Waals surface area (Å²) in [6.45, 7) is 3.44. The van der Waals surface area contributed by atoms with E-state index in [-0.39, 0.29) is 5.91 Å². The van der Waals surface area contributed by atoms with Gasteiger partial charge in [-0.05, 0) is 31.3 Å². The number of H-pyrrole nitrogens is 1. The van der Waals surface area contributed by atoms with Crippen LogP contribution in [0.4, 0.5) is 0 Å². The van der Waals surface area contributed by atoms with Crippen molar-refractivity contribution in [3.63, 3.8) is 0 Å². The molecular formula is C15H18ClN5OS. The average Bonchev–Trinajstić information content (AvgIpc) is 3.03. The minimum absolute atomic E-state index is 0.140. The van der Waals surface area contributed by atoms with Gasteiger partial charge in [-0.25, -0.2) is 4.98 Å². The Morgan fingerprint density at radius 2 is 1.96 bits per heavy atom. The second-order valence-corrected chi connectivity index (χ2v) is 6.83. The number of nitrogens with one attached hydrogen (secondary N) is 1. The second-order valence-electron chi connectivity index (χ2n) is 5.45. The average molecular weight is 352 g/mol. The molecule has 6 nitrogen and oxygen atoms in total. The van der Waals surface area contributed by atoms with Crippen molar-refractivity contribution < 1.29 is 4.79 Å². The number of benzene rings is 1. The highest BCUT2D eigenvalue weighted by Gasteiger charge is 2.19. The molecule has 2 heterocycles. The van der Waals surface area contributed by atoms with Gasteiger partial charge in [-0.3, -0.25) is 9.89 Å². The Kier molecular flexibility index (Phi) is 5.20. The van der Waals surface area contributed by atoms with E-state index in [1.165, 1.54) is 11.8 Å². The zero-order valence-corrected chi connectivity index (χ0v) is 14.4. The minimum atomic E-state index is 0.140. The molecular weight excluding hydrogens is 334 g/mol. The summed E-state index contributed by atoms with van der Waals surface area (Å²) in [5.41, 5.74) is 0.916. The fourth-order valence-corrected chi connectivity index (χ4v) is 3.15. The number of nitrogens with zero attached hydrogens (tertiary/aromatic N) is 4. The summed E-state index contributed by atoms with van der Waals surface area (Å²) in [5, 5.41) is 8.32. The first kappa shape index (κ1) is 16.3. The highest BCUT2D eigenvalue weighted by Crippen LogP contribution is 2.21. The smallest absolute Gasteiger partial charge is 0.233 e. The van der Waals surface area contributed by atoms with E-state index in [2.05, 4.69) is 27.1 Å². The molecule has 1 amide bonds. The van der Waals surface area contributed by atoms with Crippen LogP contribution in [0.2, 0.25) is 5.02 Å². The predicted molar refractivity (Wildman–Crippen MR) is 91.6 cm³/mol. The van der Waals surface area contributed by atoms with Crippen molar-refractivity contribution in [3.8, 4) is 11.4 Å². The molecule has 0 atom stereocenters. The van der Waals surface area contributed by atoms with Crippen molar-refractivity contribution in [2.45, 2.75) is 5.16 Å². The van der Waals surface area contributed by atoms with Crippen LogP contribution >= 0.6 is 23.4 Å². The number of hydrogen-bond donors (Lipinski definition) is 1. The molecule has 0 unspecified atom stereocenters. The highest BCUT2D eigenvalue weighted by molar-refractivity contribution is 7.99. The molecule has 1 fully saturated rings. The summed E-state index contributed by atoms with van der Waals surface area (Å²) in [7, 11) is 2.07. The van der Waals surface area contributed by atoms with Crippen molar-refractivity contribution in [2.24, 2.45) is 0 Å². The standard InChI is InChI=1S/C15H18ClN5OS/c1-20-6-8-21(9-7-20)13(22)10-23-15-17-14(18-19-15)11-2-4-12(16)5-3-11/h2-5H,6-10H2,1H3,(H,17,18,19). The van der Waals surface area contributed by atoms with E-state index in [0.717, 1.165) is 31.7 Å². The van der Waals surface area contributed by atoms with E-state index in [1.54, 1.807) is 0 Å². The molecule has 1 aromatic carbocycles. The lowest BCUT2D eigenvalue weighted by Crippen LogP contribution is -2.47. The van der Waals surface area contributed by atoms with Crippen LogP contribution in [0.15, 0.2) is 29.4 Å². The number of carbonyl (C=O) groups is 1. The molecule has 3 rings (SSSR count). The Balaban J connectivity index is 1.55. The number of rotatable bonds is 4. The summed E-state index contributed by atoms with van der Waals surface area (Å²) in [4.78, 5) is 20.7. The monoisotopic (exact) mass is 351 g/mol. The van der Waals surface area contributed by atoms with Crippen LogP contribution < -0.4 is 0 Å². The molecule has 1 aliphatic rings. The maximum Gasteiger partial charge on any atom is 0.233 e. The maximum absolute atomic E-state index is 12.2. The van der Waals surface area contributed by atoms with Crippen molar-refractivity contribution in [1.29, 1.82) is 0 Å². The molecule has 1 aromatic heterocycles. The van der Waals surface area contributed by atoms with E-state index < -0.39 is 0 Å². The normalized spacial score (nSPS) is 15.8. The topological polar surface area (TPSA) is 65.1 Å². The second kappa shape index (κ2) is 7.33. The molecule has 1 aliphatic heterocycles. The first-order chi connectivity index (χ1) is 11.1. The summed E-state index contributed by atoms with van der Waals surface area (Å²) < 4.78 is 0. The lowest BCUT2D eigenvalue weighted by molar-refractivity contribution is -0.129. The SMILES string of the molecule is CN1CCN(C(=O)CSc2n[nH]c(-c3ccc(Cl)cc3)n2)CC1. The maximum atomic E-state index is 12.2. The number of likely N-dealkylation sites (N-methyl/N-ethyl adjacent to an activating group) is 1. The van der Waals surface area contributed by atoms with Gasteiger partial charge in [0.25, 0.3) is 0 Å². The number of carbonyl (C=O) groups excluding carboxylic acids is 1. The quantitative estimate of drug-likeness (QED) is 0.853. The van der Waals surface area contributed by atoms with Crippen LogP contribution in [0.1, 0.15) is 0 Å². The number of piperazine rings is 1. The van der Waals surface area contributed by atoms with Gasteiger partial charge in [0.1, 0.15) is 0 Å².